The van der Waals surface area contributed by atoms with Crippen molar-refractivity contribution in [1.29, 1.82) is 0 Å². The highest BCUT2D eigenvalue weighted by Crippen LogP contribution is 2.17. The first-order valence-corrected chi connectivity index (χ1v) is 7.63. The maximum Gasteiger partial charge on any atom is 0.320 e. The number of rotatable bonds is 8. The molecule has 2 N–H and O–H groups in total. The summed E-state index contributed by atoms with van der Waals surface area (Å²) in [5.74, 6) is 0.512. The number of nitrogens with one attached hydrogen (secondary N) is 1. The summed E-state index contributed by atoms with van der Waals surface area (Å²) in [4.78, 5) is 12.3. The minimum absolute atomic E-state index is 0.387. The lowest BCUT2D eigenvalue weighted by molar-refractivity contribution is -0.139. The Kier molecular flexibility index (Phi) is 6.95. The van der Waals surface area contributed by atoms with Crippen LogP contribution in [0.3, 0.4) is 0 Å². The summed E-state index contributed by atoms with van der Waals surface area (Å²) in [5.41, 5.74) is 1.25. The van der Waals surface area contributed by atoms with E-state index in [9.17, 15) is 4.79 Å². The largest absolute Gasteiger partial charge is 0.480 e. The van der Waals surface area contributed by atoms with Gasteiger partial charge < -0.3 is 10.4 Å². The molecule has 1 atom stereocenters. The standard InChI is InChI=1S/C15H23NO2S/c1-11(2)10-14(15(17)18)16-8-9-19-13-6-4-12(3)5-7-13/h4-7,11,14,16H,8-10H2,1-3H3,(H,17,18). The van der Waals surface area contributed by atoms with Crippen LogP contribution in [0.4, 0.5) is 0 Å². The summed E-state index contributed by atoms with van der Waals surface area (Å²) in [6.45, 7) is 6.86. The molecule has 19 heavy (non-hydrogen) atoms. The van der Waals surface area contributed by atoms with Crippen LogP contribution in [0.5, 0.6) is 0 Å². The van der Waals surface area contributed by atoms with Gasteiger partial charge in [0.15, 0.2) is 0 Å². The summed E-state index contributed by atoms with van der Waals surface area (Å²) >= 11 is 1.75. The van der Waals surface area contributed by atoms with Crippen LogP contribution in [0.25, 0.3) is 0 Å². The molecule has 1 aromatic carbocycles. The Morgan fingerprint density at radius 3 is 2.47 bits per heavy atom. The minimum Gasteiger partial charge on any atom is -0.480 e. The molecule has 0 aliphatic carbocycles. The van der Waals surface area contributed by atoms with E-state index >= 15 is 0 Å². The first-order chi connectivity index (χ1) is 8.99. The van der Waals surface area contributed by atoms with E-state index in [4.69, 9.17) is 5.11 Å². The Morgan fingerprint density at radius 1 is 1.32 bits per heavy atom. The molecule has 0 saturated heterocycles. The summed E-state index contributed by atoms with van der Waals surface area (Å²) in [6.07, 6.45) is 0.671. The zero-order chi connectivity index (χ0) is 14.3. The molecule has 1 aromatic rings. The fourth-order valence-corrected chi connectivity index (χ4v) is 2.56. The minimum atomic E-state index is -0.756. The monoisotopic (exact) mass is 281 g/mol. The number of hydrogen-bond donors (Lipinski definition) is 2. The number of carboxylic acids is 1. The smallest absolute Gasteiger partial charge is 0.320 e. The van der Waals surface area contributed by atoms with E-state index in [0.717, 1.165) is 5.75 Å². The van der Waals surface area contributed by atoms with Crippen molar-refractivity contribution in [1.82, 2.24) is 5.32 Å². The van der Waals surface area contributed by atoms with Gasteiger partial charge in [-0.3, -0.25) is 4.79 Å². The van der Waals surface area contributed by atoms with E-state index in [1.165, 1.54) is 10.5 Å². The average molecular weight is 281 g/mol. The molecule has 0 amide bonds. The Hall–Kier alpha value is -1.00. The fourth-order valence-electron chi connectivity index (χ4n) is 1.78. The fraction of sp³-hybridized carbons (Fsp3) is 0.533. The maximum absolute atomic E-state index is 11.1. The molecule has 0 saturated carbocycles. The predicted molar refractivity (Wildman–Crippen MR) is 80.8 cm³/mol. The average Bonchev–Trinajstić information content (AvgIpc) is 2.34. The second-order valence-electron chi connectivity index (χ2n) is 5.14. The van der Waals surface area contributed by atoms with Crippen molar-refractivity contribution in [2.45, 2.75) is 38.1 Å². The molecule has 0 bridgehead atoms. The zero-order valence-electron chi connectivity index (χ0n) is 11.8. The van der Waals surface area contributed by atoms with Crippen molar-refractivity contribution in [3.8, 4) is 0 Å². The Morgan fingerprint density at radius 2 is 1.95 bits per heavy atom. The summed E-state index contributed by atoms with van der Waals surface area (Å²) in [7, 11) is 0. The molecule has 3 nitrogen and oxygen atoms in total. The van der Waals surface area contributed by atoms with E-state index in [0.29, 0.717) is 18.9 Å². The SMILES string of the molecule is Cc1ccc(SCCNC(CC(C)C)C(=O)O)cc1. The molecule has 0 fully saturated rings. The number of hydrogen-bond acceptors (Lipinski definition) is 3. The van der Waals surface area contributed by atoms with Gasteiger partial charge in [0.2, 0.25) is 0 Å². The number of aliphatic carboxylic acids is 1. The van der Waals surface area contributed by atoms with E-state index in [-0.39, 0.29) is 0 Å². The normalized spacial score (nSPS) is 12.6. The van der Waals surface area contributed by atoms with Crippen LogP contribution in [-0.2, 0) is 4.79 Å². The molecule has 0 aromatic heterocycles. The van der Waals surface area contributed by atoms with Gasteiger partial charge in [0.1, 0.15) is 6.04 Å². The predicted octanol–water partition coefficient (Wildman–Crippen LogP) is 3.18. The van der Waals surface area contributed by atoms with Crippen molar-refractivity contribution >= 4 is 17.7 Å². The Bertz CT molecular complexity index is 390. The topological polar surface area (TPSA) is 49.3 Å². The summed E-state index contributed by atoms with van der Waals surface area (Å²) in [5, 5.41) is 12.2. The molecule has 0 heterocycles. The van der Waals surface area contributed by atoms with Crippen molar-refractivity contribution < 1.29 is 9.90 Å². The molecule has 4 heteroatoms. The van der Waals surface area contributed by atoms with Gasteiger partial charge >= 0.3 is 5.97 Å². The van der Waals surface area contributed by atoms with Crippen molar-refractivity contribution in [3.63, 3.8) is 0 Å². The second kappa shape index (κ2) is 8.23. The number of aryl methyl sites for hydroxylation is 1. The molecule has 1 rings (SSSR count). The zero-order valence-corrected chi connectivity index (χ0v) is 12.7. The summed E-state index contributed by atoms with van der Waals surface area (Å²) in [6, 6.07) is 7.95. The third kappa shape index (κ3) is 6.64. The van der Waals surface area contributed by atoms with Crippen molar-refractivity contribution in [3.05, 3.63) is 29.8 Å². The van der Waals surface area contributed by atoms with E-state index in [2.05, 4.69) is 36.5 Å². The first kappa shape index (κ1) is 16.1. The molecular weight excluding hydrogens is 258 g/mol. The van der Waals surface area contributed by atoms with Crippen LogP contribution in [0.1, 0.15) is 25.8 Å². The number of benzene rings is 1. The highest BCUT2D eigenvalue weighted by Gasteiger charge is 2.17. The van der Waals surface area contributed by atoms with Gasteiger partial charge in [-0.2, -0.15) is 0 Å². The van der Waals surface area contributed by atoms with Gasteiger partial charge in [0.05, 0.1) is 0 Å². The Balaban J connectivity index is 2.28. The molecule has 0 aliphatic rings. The van der Waals surface area contributed by atoms with Gasteiger partial charge in [-0.15, -0.1) is 11.8 Å². The third-order valence-electron chi connectivity index (χ3n) is 2.79. The lowest BCUT2D eigenvalue weighted by atomic mass is 10.0. The number of thioether (sulfide) groups is 1. The van der Waals surface area contributed by atoms with Crippen molar-refractivity contribution in [2.75, 3.05) is 12.3 Å². The van der Waals surface area contributed by atoms with Gasteiger partial charge in [-0.25, -0.2) is 0 Å². The van der Waals surface area contributed by atoms with Crippen LogP contribution >= 0.6 is 11.8 Å². The highest BCUT2D eigenvalue weighted by atomic mass is 32.2. The Labute approximate surface area is 119 Å². The molecule has 1 unspecified atom stereocenters. The van der Waals surface area contributed by atoms with Gasteiger partial charge in [0.25, 0.3) is 0 Å². The number of carbonyl (C=O) groups is 1. The quantitative estimate of drug-likeness (QED) is 0.567. The molecule has 106 valence electrons. The van der Waals surface area contributed by atoms with Crippen LogP contribution in [0.15, 0.2) is 29.2 Å². The molecular formula is C15H23NO2S. The van der Waals surface area contributed by atoms with Crippen molar-refractivity contribution in [2.24, 2.45) is 5.92 Å². The molecule has 0 spiro atoms. The van der Waals surface area contributed by atoms with E-state index in [1.54, 1.807) is 11.8 Å². The maximum atomic E-state index is 11.1. The second-order valence-corrected chi connectivity index (χ2v) is 6.30. The molecule has 0 radical (unpaired) electrons. The highest BCUT2D eigenvalue weighted by molar-refractivity contribution is 7.99. The van der Waals surface area contributed by atoms with Crippen LogP contribution in [-0.4, -0.2) is 29.4 Å². The first-order valence-electron chi connectivity index (χ1n) is 6.64. The van der Waals surface area contributed by atoms with Gasteiger partial charge in [-0.1, -0.05) is 31.5 Å². The van der Waals surface area contributed by atoms with Gasteiger partial charge in [0, 0.05) is 17.2 Å². The van der Waals surface area contributed by atoms with E-state index in [1.807, 2.05) is 13.8 Å². The number of carboxylic acid groups (broad SMARTS) is 1. The van der Waals surface area contributed by atoms with Crippen LogP contribution in [0, 0.1) is 12.8 Å². The lowest BCUT2D eigenvalue weighted by Crippen LogP contribution is -2.38. The summed E-state index contributed by atoms with van der Waals surface area (Å²) < 4.78 is 0. The van der Waals surface area contributed by atoms with Crippen LogP contribution < -0.4 is 5.32 Å². The molecule has 0 aliphatic heterocycles. The lowest BCUT2D eigenvalue weighted by Gasteiger charge is -2.16. The van der Waals surface area contributed by atoms with Crippen LogP contribution in [0.2, 0.25) is 0 Å². The third-order valence-corrected chi connectivity index (χ3v) is 3.80. The van der Waals surface area contributed by atoms with Gasteiger partial charge in [-0.05, 0) is 31.4 Å². The van der Waals surface area contributed by atoms with E-state index < -0.39 is 12.0 Å².